The molecule has 0 aliphatic heterocycles. The van der Waals surface area contributed by atoms with E-state index in [-0.39, 0.29) is 5.82 Å². The van der Waals surface area contributed by atoms with Crippen molar-refractivity contribution >= 4 is 22.4 Å². The maximum atomic E-state index is 13.6. The third-order valence-corrected chi connectivity index (χ3v) is 4.10. The monoisotopic (exact) mass is 294 g/mol. The number of halogens is 1. The van der Waals surface area contributed by atoms with Crippen molar-refractivity contribution in [3.63, 3.8) is 0 Å². The molecular formula is C14H15FN2O2S. The molecule has 0 fully saturated rings. The molecular weight excluding hydrogens is 279 g/mol. The van der Waals surface area contributed by atoms with E-state index in [4.69, 9.17) is 4.74 Å². The SMILES string of the molecule is COC(=O)c1sc(N(C)Cc2ccccc2F)nc1C. The van der Waals surface area contributed by atoms with Crippen molar-refractivity contribution in [1.29, 1.82) is 0 Å². The second-order valence-electron chi connectivity index (χ2n) is 4.35. The van der Waals surface area contributed by atoms with E-state index in [1.165, 1.54) is 24.5 Å². The van der Waals surface area contributed by atoms with Gasteiger partial charge in [-0.05, 0) is 13.0 Å². The standard InChI is InChI=1S/C14H15FN2O2S/c1-9-12(13(18)19-3)20-14(16-9)17(2)8-10-6-4-5-7-11(10)15/h4-7H,8H2,1-3H3. The predicted molar refractivity (Wildman–Crippen MR) is 76.7 cm³/mol. The third kappa shape index (κ3) is 2.96. The Kier molecular flexibility index (Phi) is 4.34. The summed E-state index contributed by atoms with van der Waals surface area (Å²) in [6.45, 7) is 2.14. The lowest BCUT2D eigenvalue weighted by molar-refractivity contribution is 0.0605. The molecule has 2 aromatic rings. The molecule has 4 nitrogen and oxygen atoms in total. The predicted octanol–water partition coefficient (Wildman–Crippen LogP) is 3.01. The van der Waals surface area contributed by atoms with Gasteiger partial charge in [-0.25, -0.2) is 14.2 Å². The number of carbonyl (C=O) groups excluding carboxylic acids is 1. The normalized spacial score (nSPS) is 10.4. The smallest absolute Gasteiger partial charge is 0.350 e. The van der Waals surface area contributed by atoms with E-state index in [1.54, 1.807) is 25.1 Å². The zero-order chi connectivity index (χ0) is 14.7. The molecule has 1 aromatic carbocycles. The van der Waals surface area contributed by atoms with Gasteiger partial charge in [0.15, 0.2) is 5.13 Å². The van der Waals surface area contributed by atoms with Crippen molar-refractivity contribution in [1.82, 2.24) is 4.98 Å². The third-order valence-electron chi connectivity index (χ3n) is 2.85. The number of benzene rings is 1. The summed E-state index contributed by atoms with van der Waals surface area (Å²) in [5.41, 5.74) is 1.21. The summed E-state index contributed by atoms with van der Waals surface area (Å²) < 4.78 is 18.3. The Labute approximate surface area is 120 Å². The van der Waals surface area contributed by atoms with Gasteiger partial charge in [0.2, 0.25) is 0 Å². The van der Waals surface area contributed by atoms with Gasteiger partial charge in [0.25, 0.3) is 0 Å². The van der Waals surface area contributed by atoms with Gasteiger partial charge in [-0.2, -0.15) is 0 Å². The number of hydrogen-bond acceptors (Lipinski definition) is 5. The number of nitrogens with zero attached hydrogens (tertiary/aromatic N) is 2. The number of ether oxygens (including phenoxy) is 1. The largest absolute Gasteiger partial charge is 0.465 e. The minimum Gasteiger partial charge on any atom is -0.465 e. The van der Waals surface area contributed by atoms with E-state index in [2.05, 4.69) is 4.98 Å². The van der Waals surface area contributed by atoms with Crippen LogP contribution in [0.3, 0.4) is 0 Å². The molecule has 0 radical (unpaired) electrons. The van der Waals surface area contributed by atoms with Gasteiger partial charge in [0.1, 0.15) is 10.7 Å². The van der Waals surface area contributed by atoms with E-state index < -0.39 is 5.97 Å². The lowest BCUT2D eigenvalue weighted by Gasteiger charge is -2.15. The van der Waals surface area contributed by atoms with Crippen LogP contribution in [0.15, 0.2) is 24.3 Å². The summed E-state index contributed by atoms with van der Waals surface area (Å²) in [5, 5.41) is 0.658. The van der Waals surface area contributed by atoms with Crippen LogP contribution in [0.4, 0.5) is 9.52 Å². The average molecular weight is 294 g/mol. The maximum Gasteiger partial charge on any atom is 0.350 e. The van der Waals surface area contributed by atoms with Gasteiger partial charge in [-0.15, -0.1) is 0 Å². The lowest BCUT2D eigenvalue weighted by atomic mass is 10.2. The Bertz CT molecular complexity index is 627. The lowest BCUT2D eigenvalue weighted by Crippen LogP contribution is -2.16. The number of carbonyl (C=O) groups is 1. The average Bonchev–Trinajstić information content (AvgIpc) is 2.82. The number of aryl methyl sites for hydroxylation is 1. The van der Waals surface area contributed by atoms with Crippen LogP contribution in [0.1, 0.15) is 20.9 Å². The number of hydrogen-bond donors (Lipinski definition) is 0. The van der Waals surface area contributed by atoms with Crippen molar-refractivity contribution in [2.75, 3.05) is 19.1 Å². The molecule has 0 bridgehead atoms. The summed E-state index contributed by atoms with van der Waals surface area (Å²) in [4.78, 5) is 18.2. The number of aromatic nitrogens is 1. The molecule has 0 amide bonds. The Morgan fingerprint density at radius 1 is 1.45 bits per heavy atom. The van der Waals surface area contributed by atoms with Crippen LogP contribution in [0.2, 0.25) is 0 Å². The molecule has 1 aromatic heterocycles. The molecule has 0 atom stereocenters. The van der Waals surface area contributed by atoms with Crippen molar-refractivity contribution in [3.8, 4) is 0 Å². The minimum atomic E-state index is -0.398. The number of thiazole rings is 1. The minimum absolute atomic E-state index is 0.249. The molecule has 0 N–H and O–H groups in total. The number of anilines is 1. The molecule has 2 rings (SSSR count). The first kappa shape index (κ1) is 14.5. The van der Waals surface area contributed by atoms with E-state index in [0.717, 1.165) is 0 Å². The summed E-state index contributed by atoms with van der Waals surface area (Å²) in [6.07, 6.45) is 0. The van der Waals surface area contributed by atoms with E-state index in [9.17, 15) is 9.18 Å². The van der Waals surface area contributed by atoms with E-state index in [0.29, 0.717) is 27.8 Å². The molecule has 0 saturated heterocycles. The number of rotatable bonds is 4. The Balaban J connectivity index is 2.20. The maximum absolute atomic E-state index is 13.6. The molecule has 6 heteroatoms. The van der Waals surface area contributed by atoms with Gasteiger partial charge >= 0.3 is 5.97 Å². The summed E-state index contributed by atoms with van der Waals surface area (Å²) in [6, 6.07) is 6.60. The Hall–Kier alpha value is -1.95. The molecule has 1 heterocycles. The Morgan fingerprint density at radius 2 is 2.15 bits per heavy atom. The van der Waals surface area contributed by atoms with Crippen LogP contribution in [0.5, 0.6) is 0 Å². The molecule has 0 saturated carbocycles. The fraction of sp³-hybridized carbons (Fsp3) is 0.286. The fourth-order valence-electron chi connectivity index (χ4n) is 1.78. The van der Waals surface area contributed by atoms with Gasteiger partial charge in [0, 0.05) is 19.2 Å². The molecule has 0 unspecified atom stereocenters. The van der Waals surface area contributed by atoms with Crippen LogP contribution < -0.4 is 4.90 Å². The van der Waals surface area contributed by atoms with Crippen LogP contribution >= 0.6 is 11.3 Å². The number of methoxy groups -OCH3 is 1. The number of esters is 1. The highest BCUT2D eigenvalue weighted by molar-refractivity contribution is 7.17. The first-order chi connectivity index (χ1) is 9.52. The second kappa shape index (κ2) is 6.00. The summed E-state index contributed by atoms with van der Waals surface area (Å²) in [7, 11) is 3.15. The van der Waals surface area contributed by atoms with Gasteiger partial charge in [-0.3, -0.25) is 0 Å². The van der Waals surface area contributed by atoms with Gasteiger partial charge in [0.05, 0.1) is 12.8 Å². The highest BCUT2D eigenvalue weighted by Crippen LogP contribution is 2.27. The molecule has 0 spiro atoms. The van der Waals surface area contributed by atoms with Crippen LogP contribution in [-0.2, 0) is 11.3 Å². The van der Waals surface area contributed by atoms with Gasteiger partial charge in [-0.1, -0.05) is 29.5 Å². The van der Waals surface area contributed by atoms with Crippen molar-refractivity contribution in [2.24, 2.45) is 0 Å². The summed E-state index contributed by atoms with van der Waals surface area (Å²) in [5.74, 6) is -0.647. The molecule has 0 aliphatic carbocycles. The van der Waals surface area contributed by atoms with Gasteiger partial charge < -0.3 is 9.64 Å². The zero-order valence-electron chi connectivity index (χ0n) is 11.5. The highest BCUT2D eigenvalue weighted by Gasteiger charge is 2.18. The topological polar surface area (TPSA) is 42.4 Å². The zero-order valence-corrected chi connectivity index (χ0v) is 12.3. The molecule has 0 aliphatic rings. The second-order valence-corrected chi connectivity index (χ2v) is 5.33. The van der Waals surface area contributed by atoms with Crippen molar-refractivity contribution < 1.29 is 13.9 Å². The van der Waals surface area contributed by atoms with Crippen molar-refractivity contribution in [2.45, 2.75) is 13.5 Å². The Morgan fingerprint density at radius 3 is 2.80 bits per heavy atom. The first-order valence-electron chi connectivity index (χ1n) is 6.03. The first-order valence-corrected chi connectivity index (χ1v) is 6.85. The van der Waals surface area contributed by atoms with Crippen LogP contribution in [0, 0.1) is 12.7 Å². The van der Waals surface area contributed by atoms with E-state index in [1.807, 2.05) is 11.9 Å². The molecule has 106 valence electrons. The fourth-order valence-corrected chi connectivity index (χ4v) is 2.72. The summed E-state index contributed by atoms with van der Waals surface area (Å²) >= 11 is 1.24. The van der Waals surface area contributed by atoms with Crippen LogP contribution in [-0.4, -0.2) is 25.1 Å². The molecule has 20 heavy (non-hydrogen) atoms. The van der Waals surface area contributed by atoms with Crippen molar-refractivity contribution in [3.05, 3.63) is 46.2 Å². The van der Waals surface area contributed by atoms with E-state index >= 15 is 0 Å². The quantitative estimate of drug-likeness (QED) is 0.813. The van der Waals surface area contributed by atoms with Crippen LogP contribution in [0.25, 0.3) is 0 Å². The highest BCUT2D eigenvalue weighted by atomic mass is 32.1.